The Morgan fingerprint density at radius 3 is 2.35 bits per heavy atom. The van der Waals surface area contributed by atoms with Crippen molar-refractivity contribution in [2.45, 2.75) is 6.42 Å². The first-order chi connectivity index (χ1) is 8.31. The molecule has 88 valence electrons. The van der Waals surface area contributed by atoms with E-state index in [0.29, 0.717) is 0 Å². The zero-order valence-electron chi connectivity index (χ0n) is 10.0. The smallest absolute Gasteiger partial charge is 0.0502 e. The number of hydrogen-bond donors (Lipinski definition) is 1. The molecule has 0 unspecified atom stereocenters. The molecule has 0 aromatic heterocycles. The SMILES string of the molecule is COCCc1ccc(-c2ccccc2N)cc1. The van der Waals surface area contributed by atoms with E-state index in [1.54, 1.807) is 7.11 Å². The summed E-state index contributed by atoms with van der Waals surface area (Å²) in [7, 11) is 1.72. The highest BCUT2D eigenvalue weighted by atomic mass is 16.5. The fourth-order valence-corrected chi connectivity index (χ4v) is 1.83. The van der Waals surface area contributed by atoms with Crippen molar-refractivity contribution in [1.82, 2.24) is 0 Å². The van der Waals surface area contributed by atoms with Gasteiger partial charge in [0, 0.05) is 18.4 Å². The third-order valence-electron chi connectivity index (χ3n) is 2.82. The molecule has 2 heteroatoms. The zero-order chi connectivity index (χ0) is 12.1. The van der Waals surface area contributed by atoms with E-state index < -0.39 is 0 Å². The van der Waals surface area contributed by atoms with E-state index in [4.69, 9.17) is 10.5 Å². The fraction of sp³-hybridized carbons (Fsp3) is 0.200. The van der Waals surface area contributed by atoms with E-state index in [0.717, 1.165) is 29.8 Å². The molecule has 17 heavy (non-hydrogen) atoms. The second kappa shape index (κ2) is 5.51. The van der Waals surface area contributed by atoms with E-state index in [1.807, 2.05) is 24.3 Å². The van der Waals surface area contributed by atoms with Crippen LogP contribution in [0.2, 0.25) is 0 Å². The maximum absolute atomic E-state index is 5.95. The van der Waals surface area contributed by atoms with Crippen molar-refractivity contribution in [3.8, 4) is 11.1 Å². The average molecular weight is 227 g/mol. The molecule has 0 aliphatic rings. The topological polar surface area (TPSA) is 35.2 Å². The van der Waals surface area contributed by atoms with E-state index in [9.17, 15) is 0 Å². The Kier molecular flexibility index (Phi) is 3.78. The van der Waals surface area contributed by atoms with Crippen LogP contribution >= 0.6 is 0 Å². The van der Waals surface area contributed by atoms with Crippen LogP contribution in [0.3, 0.4) is 0 Å². The molecule has 0 heterocycles. The Bertz CT molecular complexity index is 477. The number of nitrogens with two attached hydrogens (primary N) is 1. The fourth-order valence-electron chi connectivity index (χ4n) is 1.83. The average Bonchev–Trinajstić information content (AvgIpc) is 2.38. The summed E-state index contributed by atoms with van der Waals surface area (Å²) in [5.74, 6) is 0. The molecule has 2 N–H and O–H groups in total. The van der Waals surface area contributed by atoms with Gasteiger partial charge in [0.25, 0.3) is 0 Å². The molecular formula is C15H17NO. The summed E-state index contributed by atoms with van der Waals surface area (Å²) < 4.78 is 5.06. The lowest BCUT2D eigenvalue weighted by atomic mass is 10.0. The number of para-hydroxylation sites is 1. The van der Waals surface area contributed by atoms with E-state index in [2.05, 4.69) is 24.3 Å². The Morgan fingerprint density at radius 2 is 1.71 bits per heavy atom. The molecule has 0 saturated heterocycles. The first-order valence-corrected chi connectivity index (χ1v) is 5.74. The zero-order valence-corrected chi connectivity index (χ0v) is 10.0. The minimum atomic E-state index is 0.757. The molecule has 2 aromatic carbocycles. The van der Waals surface area contributed by atoms with Crippen molar-refractivity contribution in [1.29, 1.82) is 0 Å². The van der Waals surface area contributed by atoms with Gasteiger partial charge in [0.15, 0.2) is 0 Å². The third-order valence-corrected chi connectivity index (χ3v) is 2.82. The lowest BCUT2D eigenvalue weighted by Crippen LogP contribution is -1.94. The number of ether oxygens (including phenoxy) is 1. The van der Waals surface area contributed by atoms with Gasteiger partial charge < -0.3 is 10.5 Å². The predicted octanol–water partition coefficient (Wildman–Crippen LogP) is 3.12. The van der Waals surface area contributed by atoms with Crippen LogP contribution in [0, 0.1) is 0 Å². The van der Waals surface area contributed by atoms with Gasteiger partial charge in [0.05, 0.1) is 6.61 Å². The van der Waals surface area contributed by atoms with E-state index >= 15 is 0 Å². The predicted molar refractivity (Wildman–Crippen MR) is 71.9 cm³/mol. The van der Waals surface area contributed by atoms with Crippen LogP contribution < -0.4 is 5.73 Å². The highest BCUT2D eigenvalue weighted by Crippen LogP contribution is 2.25. The highest BCUT2D eigenvalue weighted by Gasteiger charge is 2.01. The summed E-state index contributed by atoms with van der Waals surface area (Å²) in [5, 5.41) is 0. The molecule has 2 aromatic rings. The van der Waals surface area contributed by atoms with Gasteiger partial charge in [0.2, 0.25) is 0 Å². The van der Waals surface area contributed by atoms with Crippen LogP contribution in [-0.4, -0.2) is 13.7 Å². The van der Waals surface area contributed by atoms with Crippen LogP contribution in [0.5, 0.6) is 0 Å². The van der Waals surface area contributed by atoms with Crippen molar-refractivity contribution in [2.24, 2.45) is 0 Å². The molecule has 0 spiro atoms. The van der Waals surface area contributed by atoms with Gasteiger partial charge in [-0.15, -0.1) is 0 Å². The highest BCUT2D eigenvalue weighted by molar-refractivity contribution is 5.76. The van der Waals surface area contributed by atoms with Crippen molar-refractivity contribution < 1.29 is 4.74 Å². The summed E-state index contributed by atoms with van der Waals surface area (Å²) in [6.07, 6.45) is 0.945. The third kappa shape index (κ3) is 2.86. The molecule has 0 saturated carbocycles. The monoisotopic (exact) mass is 227 g/mol. The number of hydrogen-bond acceptors (Lipinski definition) is 2. The first-order valence-electron chi connectivity index (χ1n) is 5.74. The maximum atomic E-state index is 5.95. The lowest BCUT2D eigenvalue weighted by Gasteiger charge is -2.06. The number of benzene rings is 2. The van der Waals surface area contributed by atoms with Crippen molar-refractivity contribution >= 4 is 5.69 Å². The van der Waals surface area contributed by atoms with Gasteiger partial charge in [-0.1, -0.05) is 42.5 Å². The Labute approximate surface area is 102 Å². The first kappa shape index (κ1) is 11.7. The number of rotatable bonds is 4. The molecule has 0 aliphatic carbocycles. The van der Waals surface area contributed by atoms with E-state index in [1.165, 1.54) is 5.56 Å². The second-order valence-electron chi connectivity index (χ2n) is 4.03. The number of anilines is 1. The van der Waals surface area contributed by atoms with Gasteiger partial charge >= 0.3 is 0 Å². The van der Waals surface area contributed by atoms with Gasteiger partial charge in [-0.3, -0.25) is 0 Å². The van der Waals surface area contributed by atoms with Gasteiger partial charge in [-0.05, 0) is 23.6 Å². The number of methoxy groups -OCH3 is 1. The summed E-state index contributed by atoms with van der Waals surface area (Å²) in [6.45, 7) is 0.757. The summed E-state index contributed by atoms with van der Waals surface area (Å²) in [5.41, 5.74) is 10.3. The molecular weight excluding hydrogens is 210 g/mol. The largest absolute Gasteiger partial charge is 0.398 e. The van der Waals surface area contributed by atoms with Crippen LogP contribution in [0.1, 0.15) is 5.56 Å². The Morgan fingerprint density at radius 1 is 1.00 bits per heavy atom. The van der Waals surface area contributed by atoms with Gasteiger partial charge in [-0.2, -0.15) is 0 Å². The molecule has 0 amide bonds. The quantitative estimate of drug-likeness (QED) is 0.814. The van der Waals surface area contributed by atoms with Crippen molar-refractivity contribution in [3.63, 3.8) is 0 Å². The van der Waals surface area contributed by atoms with Gasteiger partial charge in [-0.25, -0.2) is 0 Å². The Hall–Kier alpha value is -1.80. The van der Waals surface area contributed by atoms with Crippen molar-refractivity contribution in [2.75, 3.05) is 19.5 Å². The summed E-state index contributed by atoms with van der Waals surface area (Å²) in [6, 6.07) is 16.4. The summed E-state index contributed by atoms with van der Waals surface area (Å²) >= 11 is 0. The summed E-state index contributed by atoms with van der Waals surface area (Å²) in [4.78, 5) is 0. The van der Waals surface area contributed by atoms with Crippen molar-refractivity contribution in [3.05, 3.63) is 54.1 Å². The standard InChI is InChI=1S/C15H17NO/c1-17-11-10-12-6-8-13(9-7-12)14-4-2-3-5-15(14)16/h2-9H,10-11,16H2,1H3. The lowest BCUT2D eigenvalue weighted by molar-refractivity contribution is 0.202. The number of nitrogen functional groups attached to an aromatic ring is 1. The minimum Gasteiger partial charge on any atom is -0.398 e. The molecule has 0 fully saturated rings. The van der Waals surface area contributed by atoms with Gasteiger partial charge in [0.1, 0.15) is 0 Å². The Balaban J connectivity index is 2.21. The minimum absolute atomic E-state index is 0.757. The molecule has 2 rings (SSSR count). The van der Waals surface area contributed by atoms with Crippen LogP contribution in [0.25, 0.3) is 11.1 Å². The second-order valence-corrected chi connectivity index (χ2v) is 4.03. The normalized spacial score (nSPS) is 10.4. The van der Waals surface area contributed by atoms with Crippen LogP contribution in [-0.2, 0) is 11.2 Å². The molecule has 2 nitrogen and oxygen atoms in total. The molecule has 0 radical (unpaired) electrons. The maximum Gasteiger partial charge on any atom is 0.0502 e. The molecule has 0 bridgehead atoms. The van der Waals surface area contributed by atoms with E-state index in [-0.39, 0.29) is 0 Å². The molecule has 0 atom stereocenters. The molecule has 0 aliphatic heterocycles. The van der Waals surface area contributed by atoms with Crippen LogP contribution in [0.4, 0.5) is 5.69 Å². The van der Waals surface area contributed by atoms with Crippen LogP contribution in [0.15, 0.2) is 48.5 Å².